The molecule has 78 valence electrons. The highest BCUT2D eigenvalue weighted by Gasteiger charge is 2.37. The monoisotopic (exact) mass is 196 g/mol. The smallest absolute Gasteiger partial charge is 0.327 e. The van der Waals surface area contributed by atoms with Gasteiger partial charge in [-0.2, -0.15) is 5.26 Å². The molecule has 0 spiro atoms. The van der Waals surface area contributed by atoms with Gasteiger partial charge in [-0.15, -0.1) is 0 Å². The lowest BCUT2D eigenvalue weighted by molar-refractivity contribution is -0.141. The summed E-state index contributed by atoms with van der Waals surface area (Å²) in [6.07, 6.45) is 4.32. The van der Waals surface area contributed by atoms with E-state index in [0.717, 1.165) is 12.8 Å². The fourth-order valence-electron chi connectivity index (χ4n) is 2.05. The highest BCUT2D eigenvalue weighted by molar-refractivity contribution is 5.74. The average Bonchev–Trinajstić information content (AvgIpc) is 2.46. The maximum absolute atomic E-state index is 10.8. The van der Waals surface area contributed by atoms with E-state index < -0.39 is 12.0 Å². The molecule has 0 aromatic rings. The lowest BCUT2D eigenvalue weighted by atomic mass is 10.0. The van der Waals surface area contributed by atoms with Gasteiger partial charge in [0.2, 0.25) is 0 Å². The topological polar surface area (TPSA) is 64.3 Å². The summed E-state index contributed by atoms with van der Waals surface area (Å²) < 4.78 is 0. The Hall–Kier alpha value is -1.24. The van der Waals surface area contributed by atoms with Crippen LogP contribution >= 0.6 is 0 Å². The van der Waals surface area contributed by atoms with E-state index in [1.54, 1.807) is 0 Å². The van der Waals surface area contributed by atoms with Crippen molar-refractivity contribution in [2.24, 2.45) is 5.92 Å². The van der Waals surface area contributed by atoms with Crippen molar-refractivity contribution in [3.63, 3.8) is 0 Å². The molecule has 0 aromatic heterocycles. The lowest BCUT2D eigenvalue weighted by Gasteiger charge is -2.23. The molecule has 0 aromatic carbocycles. The number of nitriles is 1. The summed E-state index contributed by atoms with van der Waals surface area (Å²) in [7, 11) is 0. The first-order valence-electron chi connectivity index (χ1n) is 4.97. The molecule has 1 saturated heterocycles. The summed E-state index contributed by atoms with van der Waals surface area (Å²) in [4.78, 5) is 12.3. The van der Waals surface area contributed by atoms with Crippen molar-refractivity contribution in [2.75, 3.05) is 0 Å². The first kappa shape index (κ1) is 10.8. The molecule has 4 heteroatoms. The van der Waals surface area contributed by atoms with E-state index in [4.69, 9.17) is 10.4 Å². The average molecular weight is 196 g/mol. The van der Waals surface area contributed by atoms with Crippen molar-refractivity contribution in [1.29, 1.82) is 5.26 Å². The minimum atomic E-state index is -0.877. The molecule has 1 heterocycles. The molecule has 2 unspecified atom stereocenters. The first-order chi connectivity index (χ1) is 6.56. The van der Waals surface area contributed by atoms with Crippen molar-refractivity contribution >= 4 is 5.97 Å². The van der Waals surface area contributed by atoms with E-state index in [-0.39, 0.29) is 6.04 Å². The van der Waals surface area contributed by atoms with E-state index in [1.807, 2.05) is 6.19 Å². The fourth-order valence-corrected chi connectivity index (χ4v) is 2.05. The zero-order valence-corrected chi connectivity index (χ0v) is 8.60. The molecular formula is C10H16N2O2. The Bertz CT molecular complexity index is 257. The van der Waals surface area contributed by atoms with Gasteiger partial charge in [-0.3, -0.25) is 4.90 Å². The summed E-state index contributed by atoms with van der Waals surface area (Å²) in [5.41, 5.74) is 0. The molecule has 0 radical (unpaired) electrons. The summed E-state index contributed by atoms with van der Waals surface area (Å²) in [5, 5.41) is 17.8. The van der Waals surface area contributed by atoms with Crippen LogP contribution in [0.5, 0.6) is 0 Å². The van der Waals surface area contributed by atoms with Crippen LogP contribution in [0, 0.1) is 17.4 Å². The number of nitrogens with zero attached hydrogens (tertiary/aromatic N) is 2. The van der Waals surface area contributed by atoms with E-state index in [2.05, 4.69) is 13.8 Å². The molecule has 1 N–H and O–H groups in total. The molecule has 0 aliphatic carbocycles. The fraction of sp³-hybridized carbons (Fsp3) is 0.800. The predicted octanol–water partition coefficient (Wildman–Crippen LogP) is 1.43. The molecule has 1 aliphatic heterocycles. The van der Waals surface area contributed by atoms with Gasteiger partial charge >= 0.3 is 5.97 Å². The van der Waals surface area contributed by atoms with Gasteiger partial charge in [0, 0.05) is 6.04 Å². The second kappa shape index (κ2) is 4.32. The molecule has 4 nitrogen and oxygen atoms in total. The molecule has 0 amide bonds. The van der Waals surface area contributed by atoms with Gasteiger partial charge in [-0.1, -0.05) is 13.8 Å². The summed E-state index contributed by atoms with van der Waals surface area (Å²) in [6, 6.07) is -0.468. The van der Waals surface area contributed by atoms with Gasteiger partial charge in [0.1, 0.15) is 6.04 Å². The zero-order valence-electron chi connectivity index (χ0n) is 8.60. The number of likely N-dealkylation sites (tertiary alicyclic amines) is 1. The van der Waals surface area contributed by atoms with Gasteiger partial charge in [0.25, 0.3) is 0 Å². The van der Waals surface area contributed by atoms with Crippen molar-refractivity contribution in [3.8, 4) is 6.19 Å². The van der Waals surface area contributed by atoms with Crippen LogP contribution in [-0.4, -0.2) is 28.1 Å². The Morgan fingerprint density at radius 2 is 2.29 bits per heavy atom. The predicted molar refractivity (Wildman–Crippen MR) is 51.4 cm³/mol. The minimum Gasteiger partial charge on any atom is -0.480 e. The van der Waals surface area contributed by atoms with Crippen LogP contribution in [0.15, 0.2) is 0 Å². The summed E-state index contributed by atoms with van der Waals surface area (Å²) in [5.74, 6) is -0.374. The number of hydrogen-bond acceptors (Lipinski definition) is 3. The largest absolute Gasteiger partial charge is 0.480 e. The van der Waals surface area contributed by atoms with E-state index in [9.17, 15) is 4.79 Å². The number of rotatable bonds is 3. The third kappa shape index (κ3) is 2.16. The maximum Gasteiger partial charge on any atom is 0.327 e. The van der Waals surface area contributed by atoms with Crippen LogP contribution in [0.4, 0.5) is 0 Å². The molecule has 14 heavy (non-hydrogen) atoms. The molecule has 0 bridgehead atoms. The van der Waals surface area contributed by atoms with E-state index in [1.165, 1.54) is 4.90 Å². The molecule has 1 aliphatic rings. The quantitative estimate of drug-likeness (QED) is 0.693. The van der Waals surface area contributed by atoms with Gasteiger partial charge < -0.3 is 5.11 Å². The lowest BCUT2D eigenvalue weighted by Crippen LogP contribution is -2.37. The van der Waals surface area contributed by atoms with Gasteiger partial charge in [0.15, 0.2) is 6.19 Å². The van der Waals surface area contributed by atoms with Crippen LogP contribution in [-0.2, 0) is 4.79 Å². The zero-order chi connectivity index (χ0) is 10.7. The number of carbonyl (C=O) groups is 1. The van der Waals surface area contributed by atoms with Gasteiger partial charge in [0.05, 0.1) is 0 Å². The Morgan fingerprint density at radius 1 is 1.64 bits per heavy atom. The molecule has 1 rings (SSSR count). The SMILES string of the molecule is CC(C)CC1CCC(C(=O)O)N1C#N. The number of hydrogen-bond donors (Lipinski definition) is 1. The van der Waals surface area contributed by atoms with Gasteiger partial charge in [-0.05, 0) is 25.2 Å². The number of carboxylic acids is 1. The third-order valence-corrected chi connectivity index (χ3v) is 2.65. The highest BCUT2D eigenvalue weighted by Crippen LogP contribution is 2.27. The maximum atomic E-state index is 10.8. The van der Waals surface area contributed by atoms with Gasteiger partial charge in [-0.25, -0.2) is 4.79 Å². The number of carboxylic acid groups (broad SMARTS) is 1. The minimum absolute atomic E-state index is 0.126. The molecule has 2 atom stereocenters. The Labute approximate surface area is 84.1 Å². The second-order valence-corrected chi connectivity index (χ2v) is 4.22. The molecule has 1 fully saturated rings. The van der Waals surface area contributed by atoms with Crippen LogP contribution in [0.1, 0.15) is 33.1 Å². The van der Waals surface area contributed by atoms with Crippen LogP contribution in [0.3, 0.4) is 0 Å². The Balaban J connectivity index is 2.65. The summed E-state index contributed by atoms with van der Waals surface area (Å²) >= 11 is 0. The molecular weight excluding hydrogens is 180 g/mol. The second-order valence-electron chi connectivity index (χ2n) is 4.22. The molecule has 0 saturated carbocycles. The third-order valence-electron chi connectivity index (χ3n) is 2.65. The summed E-state index contributed by atoms with van der Waals surface area (Å²) in [6.45, 7) is 4.17. The van der Waals surface area contributed by atoms with Crippen molar-refractivity contribution in [1.82, 2.24) is 4.90 Å². The Morgan fingerprint density at radius 3 is 2.71 bits per heavy atom. The van der Waals surface area contributed by atoms with E-state index in [0.29, 0.717) is 12.3 Å². The Kier molecular flexibility index (Phi) is 3.34. The normalized spacial score (nSPS) is 26.6. The first-order valence-corrected chi connectivity index (χ1v) is 4.97. The van der Waals surface area contributed by atoms with Crippen molar-refractivity contribution in [2.45, 2.75) is 45.2 Å². The van der Waals surface area contributed by atoms with Crippen LogP contribution < -0.4 is 0 Å². The highest BCUT2D eigenvalue weighted by atomic mass is 16.4. The number of aliphatic carboxylic acids is 1. The van der Waals surface area contributed by atoms with Crippen LogP contribution in [0.2, 0.25) is 0 Å². The van der Waals surface area contributed by atoms with Crippen molar-refractivity contribution < 1.29 is 9.90 Å². The standard InChI is InChI=1S/C10H16N2O2/c1-7(2)5-8-3-4-9(10(13)14)12(8)6-11/h7-9H,3-5H2,1-2H3,(H,13,14). The van der Waals surface area contributed by atoms with Crippen LogP contribution in [0.25, 0.3) is 0 Å². The van der Waals surface area contributed by atoms with E-state index >= 15 is 0 Å². The van der Waals surface area contributed by atoms with Crippen molar-refractivity contribution in [3.05, 3.63) is 0 Å².